The first kappa shape index (κ1) is 25.8. The summed E-state index contributed by atoms with van der Waals surface area (Å²) in [7, 11) is 0. The van der Waals surface area contributed by atoms with Crippen LogP contribution in [0, 0.1) is 6.92 Å². The van der Waals surface area contributed by atoms with Crippen molar-refractivity contribution < 1.29 is 4.79 Å². The maximum absolute atomic E-state index is 13.2. The van der Waals surface area contributed by atoms with E-state index >= 15 is 0 Å². The summed E-state index contributed by atoms with van der Waals surface area (Å²) in [6.45, 7) is 5.26. The number of fused-ring (bicyclic) bond motifs is 2. The number of hydrogen-bond donors (Lipinski definition) is 1. The van der Waals surface area contributed by atoms with E-state index in [9.17, 15) is 9.59 Å². The Morgan fingerprint density at radius 3 is 2.56 bits per heavy atom. The highest BCUT2D eigenvalue weighted by molar-refractivity contribution is 6.31. The van der Waals surface area contributed by atoms with Crippen molar-refractivity contribution in [2.24, 2.45) is 0 Å². The van der Waals surface area contributed by atoms with Gasteiger partial charge in [-0.2, -0.15) is 9.78 Å². The fourth-order valence-corrected chi connectivity index (χ4v) is 6.21. The smallest absolute Gasteiger partial charge is 0.279 e. The number of hydrogen-bond acceptors (Lipinski definition) is 4. The minimum absolute atomic E-state index is 0.00198. The summed E-state index contributed by atoms with van der Waals surface area (Å²) < 4.78 is 1.37. The predicted octanol–water partition coefficient (Wildman–Crippen LogP) is 6.14. The zero-order valence-corrected chi connectivity index (χ0v) is 23.0. The molecule has 2 aliphatic rings. The quantitative estimate of drug-likeness (QED) is 0.330. The van der Waals surface area contributed by atoms with Crippen molar-refractivity contribution in [3.63, 3.8) is 0 Å². The molecule has 0 bridgehead atoms. The highest BCUT2D eigenvalue weighted by Gasteiger charge is 2.23. The van der Waals surface area contributed by atoms with Gasteiger partial charge in [-0.1, -0.05) is 42.3 Å². The third-order valence-electron chi connectivity index (χ3n) is 8.10. The number of rotatable bonds is 5. The highest BCUT2D eigenvalue weighted by Crippen LogP contribution is 2.31. The van der Waals surface area contributed by atoms with E-state index in [1.807, 2.05) is 13.0 Å². The third-order valence-corrected chi connectivity index (χ3v) is 8.34. The van der Waals surface area contributed by atoms with Crippen LogP contribution >= 0.6 is 11.6 Å². The summed E-state index contributed by atoms with van der Waals surface area (Å²) in [5.41, 5.74) is 5.61. The zero-order chi connectivity index (χ0) is 26.9. The largest absolute Gasteiger partial charge is 0.345 e. The normalized spacial score (nSPS) is 17.6. The molecule has 1 saturated heterocycles. The summed E-state index contributed by atoms with van der Waals surface area (Å²) in [5.74, 6) is -0.112. The van der Waals surface area contributed by atoms with Crippen LogP contribution in [0.5, 0.6) is 0 Å². The molecule has 1 fully saturated rings. The van der Waals surface area contributed by atoms with Crippen LogP contribution < -0.4 is 10.9 Å². The van der Waals surface area contributed by atoms with E-state index in [1.165, 1.54) is 53.7 Å². The summed E-state index contributed by atoms with van der Waals surface area (Å²) in [4.78, 5) is 28.9. The van der Waals surface area contributed by atoms with Gasteiger partial charge in [0.25, 0.3) is 11.5 Å². The Balaban J connectivity index is 1.18. The van der Waals surface area contributed by atoms with E-state index in [2.05, 4.69) is 33.5 Å². The Kier molecular flexibility index (Phi) is 7.24. The minimum atomic E-state index is -0.242. The van der Waals surface area contributed by atoms with Gasteiger partial charge in [-0.25, -0.2) is 0 Å². The zero-order valence-electron chi connectivity index (χ0n) is 22.3. The summed E-state index contributed by atoms with van der Waals surface area (Å²) in [6.07, 6.45) is 6.99. The van der Waals surface area contributed by atoms with Crippen molar-refractivity contribution in [2.45, 2.75) is 58.0 Å². The summed E-state index contributed by atoms with van der Waals surface area (Å²) >= 11 is 6.14. The second kappa shape index (κ2) is 10.9. The van der Waals surface area contributed by atoms with Crippen molar-refractivity contribution in [3.8, 4) is 5.69 Å². The first-order valence-electron chi connectivity index (χ1n) is 13.9. The van der Waals surface area contributed by atoms with Gasteiger partial charge in [-0.05, 0) is 105 Å². The Morgan fingerprint density at radius 2 is 1.77 bits per heavy atom. The van der Waals surface area contributed by atoms with Gasteiger partial charge in [-0.15, -0.1) is 0 Å². The summed E-state index contributed by atoms with van der Waals surface area (Å²) in [6, 6.07) is 19.1. The van der Waals surface area contributed by atoms with Crippen molar-refractivity contribution >= 4 is 28.3 Å². The fourth-order valence-electron chi connectivity index (χ4n) is 6.03. The maximum Gasteiger partial charge on any atom is 0.279 e. The number of carbonyl (C=O) groups excluding carboxylic acids is 1. The number of nitrogens with zero attached hydrogens (tertiary/aromatic N) is 3. The number of carbonyl (C=O) groups is 1. The average Bonchev–Trinajstić information content (AvgIpc) is 2.95. The molecule has 1 atom stereocenters. The van der Waals surface area contributed by atoms with Crippen molar-refractivity contribution in [1.82, 2.24) is 20.0 Å². The summed E-state index contributed by atoms with van der Waals surface area (Å²) in [5, 5.41) is 9.56. The lowest BCUT2D eigenvalue weighted by atomic mass is 9.86. The lowest BCUT2D eigenvalue weighted by molar-refractivity contribution is 0.0932. The molecule has 1 aliphatic heterocycles. The number of aryl methyl sites for hydroxylation is 2. The van der Waals surface area contributed by atoms with Gasteiger partial charge in [0, 0.05) is 22.5 Å². The molecular formula is C32H33ClN4O2. The van der Waals surface area contributed by atoms with Crippen molar-refractivity contribution in [2.75, 3.05) is 13.1 Å². The molecule has 1 N–H and O–H groups in total. The molecule has 0 unspecified atom stereocenters. The molecule has 0 saturated carbocycles. The van der Waals surface area contributed by atoms with Crippen LogP contribution in [0.1, 0.15) is 70.9 Å². The molecular weight excluding hydrogens is 508 g/mol. The van der Waals surface area contributed by atoms with E-state index in [1.54, 1.807) is 36.4 Å². The van der Waals surface area contributed by atoms with Crippen LogP contribution in [0.15, 0.2) is 65.5 Å². The number of halogens is 1. The standard InChI is InChI=1S/C32H33ClN4O2/c1-21-27-15-11-25(33)19-29(27)32(39)37(35-21)26-12-9-23(10-13-26)31(38)34-30-7-5-6-24-18-22(8-14-28(24)30)20-36-16-3-2-4-17-36/h8-15,18-19,30H,2-7,16-17,20H2,1H3,(H,34,38)/t30-/m1/s1. The van der Waals surface area contributed by atoms with Crippen LogP contribution in [-0.4, -0.2) is 33.7 Å². The van der Waals surface area contributed by atoms with Crippen LogP contribution in [0.4, 0.5) is 0 Å². The molecule has 6 nitrogen and oxygen atoms in total. The molecule has 1 aromatic heterocycles. The molecule has 1 aliphatic carbocycles. The average molecular weight is 541 g/mol. The number of likely N-dealkylation sites (tertiary alicyclic amines) is 1. The van der Waals surface area contributed by atoms with Crippen LogP contribution in [0.25, 0.3) is 16.5 Å². The van der Waals surface area contributed by atoms with E-state index in [0.717, 1.165) is 36.9 Å². The Morgan fingerprint density at radius 1 is 0.974 bits per heavy atom. The second-order valence-electron chi connectivity index (χ2n) is 10.8. The van der Waals surface area contributed by atoms with Crippen molar-refractivity contribution in [3.05, 3.63) is 104 Å². The number of aromatic nitrogens is 2. The monoisotopic (exact) mass is 540 g/mol. The van der Waals surface area contributed by atoms with Crippen LogP contribution in [0.3, 0.4) is 0 Å². The molecule has 1 amide bonds. The lowest BCUT2D eigenvalue weighted by Gasteiger charge is -2.29. The molecule has 2 heterocycles. The van der Waals surface area contributed by atoms with E-state index in [4.69, 9.17) is 11.6 Å². The molecule has 6 rings (SSSR count). The van der Waals surface area contributed by atoms with Crippen molar-refractivity contribution in [1.29, 1.82) is 0 Å². The van der Waals surface area contributed by atoms with Gasteiger partial charge in [0.15, 0.2) is 0 Å². The Hall–Kier alpha value is -3.48. The van der Waals surface area contributed by atoms with Crippen LogP contribution in [-0.2, 0) is 13.0 Å². The molecule has 0 radical (unpaired) electrons. The topological polar surface area (TPSA) is 67.2 Å². The SMILES string of the molecule is Cc1nn(-c2ccc(C(=O)N[C@@H]3CCCc4cc(CN5CCCCC5)ccc43)cc2)c(=O)c2cc(Cl)ccc12. The lowest BCUT2D eigenvalue weighted by Crippen LogP contribution is -2.31. The van der Waals surface area contributed by atoms with Gasteiger partial charge in [0.2, 0.25) is 0 Å². The highest BCUT2D eigenvalue weighted by atomic mass is 35.5. The number of amides is 1. The fraction of sp³-hybridized carbons (Fsp3) is 0.344. The second-order valence-corrected chi connectivity index (χ2v) is 11.3. The molecule has 200 valence electrons. The minimum Gasteiger partial charge on any atom is -0.345 e. The Bertz CT molecular complexity index is 1590. The first-order chi connectivity index (χ1) is 19.0. The predicted molar refractivity (Wildman–Crippen MR) is 156 cm³/mol. The van der Waals surface area contributed by atoms with Gasteiger partial charge < -0.3 is 5.32 Å². The van der Waals surface area contributed by atoms with Gasteiger partial charge >= 0.3 is 0 Å². The first-order valence-corrected chi connectivity index (χ1v) is 14.3. The number of piperidine rings is 1. The van der Waals surface area contributed by atoms with E-state index in [0.29, 0.717) is 21.7 Å². The molecule has 0 spiro atoms. The molecule has 39 heavy (non-hydrogen) atoms. The van der Waals surface area contributed by atoms with Gasteiger partial charge in [0.05, 0.1) is 22.8 Å². The Labute approximate surface area is 233 Å². The number of nitrogens with one attached hydrogen (secondary N) is 1. The maximum atomic E-state index is 13.2. The molecule has 3 aromatic carbocycles. The molecule has 4 aromatic rings. The van der Waals surface area contributed by atoms with E-state index < -0.39 is 0 Å². The third kappa shape index (κ3) is 5.36. The van der Waals surface area contributed by atoms with Gasteiger partial charge in [0.1, 0.15) is 0 Å². The molecule has 7 heteroatoms. The van der Waals surface area contributed by atoms with Crippen LogP contribution in [0.2, 0.25) is 5.02 Å². The van der Waals surface area contributed by atoms with Gasteiger partial charge in [-0.3, -0.25) is 14.5 Å². The van der Waals surface area contributed by atoms with E-state index in [-0.39, 0.29) is 17.5 Å². The number of benzene rings is 3.